The lowest BCUT2D eigenvalue weighted by Gasteiger charge is -2.52. The van der Waals surface area contributed by atoms with Crippen LogP contribution in [0.1, 0.15) is 33.6 Å². The number of hydrogen-bond donors (Lipinski definition) is 1. The van der Waals surface area contributed by atoms with Crippen LogP contribution in [0.4, 0.5) is 4.79 Å². The molecule has 1 aliphatic heterocycles. The highest BCUT2D eigenvalue weighted by Crippen LogP contribution is 2.49. The number of nitrogens with one attached hydrogen (secondary N) is 1. The summed E-state index contributed by atoms with van der Waals surface area (Å²) < 4.78 is 27.3. The summed E-state index contributed by atoms with van der Waals surface area (Å²) in [7, 11) is -2.77. The molecule has 0 unspecified atom stereocenters. The van der Waals surface area contributed by atoms with Crippen LogP contribution in [0.15, 0.2) is 0 Å². The first-order chi connectivity index (χ1) is 7.59. The summed E-state index contributed by atoms with van der Waals surface area (Å²) in [4.78, 5) is 11.5. The molecule has 1 saturated carbocycles. The van der Waals surface area contributed by atoms with Crippen molar-refractivity contribution in [1.29, 1.82) is 0 Å². The van der Waals surface area contributed by atoms with Gasteiger partial charge in [-0.25, -0.2) is 13.2 Å². The monoisotopic (exact) mass is 261 g/mol. The molecule has 2 fully saturated rings. The van der Waals surface area contributed by atoms with E-state index in [4.69, 9.17) is 4.74 Å². The Morgan fingerprint density at radius 3 is 2.24 bits per heavy atom. The Hall–Kier alpha value is -0.780. The number of carbonyl (C=O) groups excluding carboxylic acids is 1. The van der Waals surface area contributed by atoms with E-state index in [1.807, 2.05) is 20.8 Å². The zero-order valence-corrected chi connectivity index (χ0v) is 11.3. The Morgan fingerprint density at radius 1 is 1.29 bits per heavy atom. The van der Waals surface area contributed by atoms with Crippen molar-refractivity contribution in [3.8, 4) is 0 Å². The molecular weight excluding hydrogens is 242 g/mol. The molecule has 98 valence electrons. The van der Waals surface area contributed by atoms with Crippen LogP contribution in [0.3, 0.4) is 0 Å². The summed E-state index contributed by atoms with van der Waals surface area (Å²) in [6.45, 7) is 5.44. The number of ether oxygens (including phenoxy) is 1. The van der Waals surface area contributed by atoms with Crippen molar-refractivity contribution < 1.29 is 17.9 Å². The van der Waals surface area contributed by atoms with E-state index in [2.05, 4.69) is 5.32 Å². The van der Waals surface area contributed by atoms with E-state index in [0.717, 1.165) is 12.8 Å². The molecule has 1 N–H and O–H groups in total. The molecule has 1 aliphatic carbocycles. The number of amides is 1. The second-order valence-corrected chi connectivity index (χ2v) is 8.35. The minimum Gasteiger partial charge on any atom is -0.444 e. The summed E-state index contributed by atoms with van der Waals surface area (Å²) >= 11 is 0. The van der Waals surface area contributed by atoms with Crippen LogP contribution in [-0.2, 0) is 14.6 Å². The van der Waals surface area contributed by atoms with Gasteiger partial charge in [0.1, 0.15) is 5.60 Å². The van der Waals surface area contributed by atoms with Gasteiger partial charge in [-0.1, -0.05) is 0 Å². The van der Waals surface area contributed by atoms with Crippen LogP contribution in [0.2, 0.25) is 0 Å². The third kappa shape index (κ3) is 2.91. The molecule has 1 amide bonds. The van der Waals surface area contributed by atoms with E-state index in [1.165, 1.54) is 0 Å². The molecule has 17 heavy (non-hydrogen) atoms. The van der Waals surface area contributed by atoms with Gasteiger partial charge in [-0.05, 0) is 33.6 Å². The molecule has 6 heteroatoms. The average Bonchev–Trinajstić information content (AvgIpc) is 1.92. The largest absolute Gasteiger partial charge is 0.444 e. The summed E-state index contributed by atoms with van der Waals surface area (Å²) in [5, 5.41) is 2.77. The van der Waals surface area contributed by atoms with E-state index < -0.39 is 21.5 Å². The molecule has 0 bridgehead atoms. The molecule has 0 atom stereocenters. The number of alkyl carbamates (subject to hydrolysis) is 1. The minimum atomic E-state index is -2.77. The van der Waals surface area contributed by atoms with E-state index in [-0.39, 0.29) is 23.0 Å². The third-order valence-electron chi connectivity index (χ3n) is 3.13. The van der Waals surface area contributed by atoms with Crippen molar-refractivity contribution in [3.05, 3.63) is 0 Å². The number of carbonyl (C=O) groups is 1. The third-order valence-corrected chi connectivity index (χ3v) is 5.24. The van der Waals surface area contributed by atoms with Crippen LogP contribution in [0.25, 0.3) is 0 Å². The molecule has 1 saturated heterocycles. The summed E-state index contributed by atoms with van der Waals surface area (Å²) in [5.74, 6) is 0.568. The lowest BCUT2D eigenvalue weighted by molar-refractivity contribution is 0.0381. The molecule has 1 spiro atoms. The Kier molecular flexibility index (Phi) is 2.69. The van der Waals surface area contributed by atoms with Crippen LogP contribution < -0.4 is 5.32 Å². The van der Waals surface area contributed by atoms with Gasteiger partial charge in [-0.15, -0.1) is 0 Å². The van der Waals surface area contributed by atoms with Crippen molar-refractivity contribution >= 4 is 15.9 Å². The maximum Gasteiger partial charge on any atom is 0.407 e. The first-order valence-electron chi connectivity index (χ1n) is 5.79. The fraction of sp³-hybridized carbons (Fsp3) is 0.909. The van der Waals surface area contributed by atoms with Gasteiger partial charge in [0.2, 0.25) is 0 Å². The first kappa shape index (κ1) is 12.7. The van der Waals surface area contributed by atoms with Crippen LogP contribution in [0, 0.1) is 5.41 Å². The van der Waals surface area contributed by atoms with Crippen LogP contribution in [0.5, 0.6) is 0 Å². The normalized spacial score (nSPS) is 25.8. The Balaban J connectivity index is 1.73. The molecule has 0 aromatic heterocycles. The fourth-order valence-corrected chi connectivity index (χ4v) is 4.94. The van der Waals surface area contributed by atoms with Gasteiger partial charge >= 0.3 is 6.09 Å². The second-order valence-electron chi connectivity index (χ2n) is 6.28. The van der Waals surface area contributed by atoms with Gasteiger partial charge in [0.05, 0.1) is 11.5 Å². The SMILES string of the molecule is CC(C)(C)OC(=O)NC1CC2(C1)CS(=O)(=O)C2. The number of sulfone groups is 1. The number of rotatable bonds is 1. The predicted octanol–water partition coefficient (Wildman–Crippen LogP) is 1.09. The summed E-state index contributed by atoms with van der Waals surface area (Å²) in [6.07, 6.45) is 1.09. The van der Waals surface area contributed by atoms with Gasteiger partial charge in [0, 0.05) is 11.5 Å². The standard InChI is InChI=1S/C11H19NO4S/c1-10(2,3)16-9(13)12-8-4-11(5-8)6-17(14,15)7-11/h8H,4-7H2,1-3H3,(H,12,13). The van der Waals surface area contributed by atoms with E-state index in [9.17, 15) is 13.2 Å². The highest BCUT2D eigenvalue weighted by molar-refractivity contribution is 7.92. The Bertz CT molecular complexity index is 415. The smallest absolute Gasteiger partial charge is 0.407 e. The Labute approximate surface area is 102 Å². The maximum absolute atomic E-state index is 11.5. The predicted molar refractivity (Wildman–Crippen MR) is 63.5 cm³/mol. The molecule has 2 aliphatic rings. The van der Waals surface area contributed by atoms with Crippen molar-refractivity contribution in [3.63, 3.8) is 0 Å². The van der Waals surface area contributed by atoms with E-state index >= 15 is 0 Å². The topological polar surface area (TPSA) is 72.5 Å². The molecule has 0 radical (unpaired) electrons. The highest BCUT2D eigenvalue weighted by atomic mass is 32.2. The Morgan fingerprint density at radius 2 is 1.82 bits per heavy atom. The molecule has 5 nitrogen and oxygen atoms in total. The van der Waals surface area contributed by atoms with Crippen molar-refractivity contribution in [2.24, 2.45) is 5.41 Å². The molecule has 2 rings (SSSR count). The van der Waals surface area contributed by atoms with Gasteiger partial charge in [-0.3, -0.25) is 0 Å². The van der Waals surface area contributed by atoms with Crippen molar-refractivity contribution in [2.75, 3.05) is 11.5 Å². The molecule has 0 aromatic carbocycles. The van der Waals surface area contributed by atoms with Crippen molar-refractivity contribution in [1.82, 2.24) is 5.32 Å². The van der Waals surface area contributed by atoms with Gasteiger partial charge < -0.3 is 10.1 Å². The molecule has 1 heterocycles. The zero-order chi connectivity index (χ0) is 12.9. The lowest BCUT2D eigenvalue weighted by Crippen LogP contribution is -2.62. The van der Waals surface area contributed by atoms with E-state index in [1.54, 1.807) is 0 Å². The van der Waals surface area contributed by atoms with Gasteiger partial charge in [-0.2, -0.15) is 0 Å². The van der Waals surface area contributed by atoms with Crippen LogP contribution >= 0.6 is 0 Å². The quantitative estimate of drug-likeness (QED) is 0.767. The summed E-state index contributed by atoms with van der Waals surface area (Å²) in [6, 6.07) is 0.0698. The van der Waals surface area contributed by atoms with Crippen LogP contribution in [-0.4, -0.2) is 37.7 Å². The van der Waals surface area contributed by atoms with Gasteiger partial charge in [0.15, 0.2) is 9.84 Å². The average molecular weight is 261 g/mol. The number of hydrogen-bond acceptors (Lipinski definition) is 4. The molecular formula is C11H19NO4S. The zero-order valence-electron chi connectivity index (χ0n) is 10.4. The highest BCUT2D eigenvalue weighted by Gasteiger charge is 2.56. The molecule has 0 aromatic rings. The lowest BCUT2D eigenvalue weighted by atomic mass is 9.67. The maximum atomic E-state index is 11.5. The summed E-state index contributed by atoms with van der Waals surface area (Å²) in [5.41, 5.74) is -0.538. The fourth-order valence-electron chi connectivity index (χ4n) is 2.69. The van der Waals surface area contributed by atoms with Crippen molar-refractivity contribution in [2.45, 2.75) is 45.3 Å². The second kappa shape index (κ2) is 3.60. The van der Waals surface area contributed by atoms with Gasteiger partial charge in [0.25, 0.3) is 0 Å². The van der Waals surface area contributed by atoms with E-state index in [0.29, 0.717) is 0 Å². The minimum absolute atomic E-state index is 0.0431. The first-order valence-corrected chi connectivity index (χ1v) is 7.61.